The second-order valence-electron chi connectivity index (χ2n) is 7.53. The van der Waals surface area contributed by atoms with Crippen LogP contribution in [0.2, 0.25) is 0 Å². The van der Waals surface area contributed by atoms with Gasteiger partial charge < -0.3 is 10.2 Å². The second-order valence-corrected chi connectivity index (χ2v) is 7.53. The highest BCUT2D eigenvalue weighted by molar-refractivity contribution is 5.49. The fourth-order valence-electron chi connectivity index (χ4n) is 4.09. The molecule has 0 aromatic carbocycles. The van der Waals surface area contributed by atoms with E-state index in [4.69, 9.17) is 0 Å². The molecular weight excluding hydrogens is 322 g/mol. The Kier molecular flexibility index (Phi) is 5.32. The third kappa shape index (κ3) is 3.97. The number of aryl methyl sites for hydroxylation is 2. The Bertz CT molecular complexity index is 750. The molecule has 2 aromatic rings. The van der Waals surface area contributed by atoms with Gasteiger partial charge in [0.05, 0.1) is 0 Å². The van der Waals surface area contributed by atoms with Crippen molar-refractivity contribution < 1.29 is 0 Å². The molecule has 2 aromatic heterocycles. The van der Waals surface area contributed by atoms with Gasteiger partial charge in [-0.15, -0.1) is 0 Å². The van der Waals surface area contributed by atoms with Crippen LogP contribution >= 0.6 is 0 Å². The Balaban J connectivity index is 1.48. The zero-order valence-electron chi connectivity index (χ0n) is 15.8. The third-order valence-electron chi connectivity index (χ3n) is 5.49. The lowest BCUT2D eigenvalue weighted by Crippen LogP contribution is -2.25. The van der Waals surface area contributed by atoms with E-state index in [9.17, 15) is 0 Å². The molecule has 0 spiro atoms. The highest BCUT2D eigenvalue weighted by atomic mass is 15.2. The summed E-state index contributed by atoms with van der Waals surface area (Å²) < 4.78 is 0. The molecule has 0 saturated carbocycles. The Labute approximate surface area is 156 Å². The molecule has 0 amide bonds. The van der Waals surface area contributed by atoms with Crippen molar-refractivity contribution in [1.82, 2.24) is 15.0 Å². The fourth-order valence-corrected chi connectivity index (χ4v) is 4.09. The second kappa shape index (κ2) is 8.02. The minimum atomic E-state index is 0.784. The van der Waals surface area contributed by atoms with Crippen molar-refractivity contribution in [2.24, 2.45) is 0 Å². The van der Waals surface area contributed by atoms with Gasteiger partial charge in [0.2, 0.25) is 0 Å². The van der Waals surface area contributed by atoms with Crippen LogP contribution in [0.3, 0.4) is 0 Å². The van der Waals surface area contributed by atoms with Gasteiger partial charge in [0, 0.05) is 37.1 Å². The molecular formula is C21H29N5. The molecule has 5 heteroatoms. The Morgan fingerprint density at radius 3 is 2.65 bits per heavy atom. The average Bonchev–Trinajstić information content (AvgIpc) is 2.96. The maximum atomic E-state index is 4.68. The van der Waals surface area contributed by atoms with Crippen LogP contribution in [0.4, 0.5) is 11.6 Å². The van der Waals surface area contributed by atoms with Crippen molar-refractivity contribution in [3.63, 3.8) is 0 Å². The van der Waals surface area contributed by atoms with E-state index in [0.717, 1.165) is 49.9 Å². The molecule has 0 atom stereocenters. The maximum Gasteiger partial charge on any atom is 0.133 e. The number of aromatic nitrogens is 3. The van der Waals surface area contributed by atoms with E-state index in [1.807, 2.05) is 13.1 Å². The van der Waals surface area contributed by atoms with Crippen molar-refractivity contribution in [1.29, 1.82) is 0 Å². The fraction of sp³-hybridized carbons (Fsp3) is 0.571. The molecule has 0 radical (unpaired) electrons. The summed E-state index contributed by atoms with van der Waals surface area (Å²) >= 11 is 0. The predicted octanol–water partition coefficient (Wildman–Crippen LogP) is 4.05. The average molecular weight is 351 g/mol. The number of pyridine rings is 1. The first kappa shape index (κ1) is 17.3. The number of nitrogens with one attached hydrogen (secondary N) is 1. The molecule has 1 aliphatic heterocycles. The summed E-state index contributed by atoms with van der Waals surface area (Å²) in [6, 6.07) is 4.34. The number of rotatable bonds is 4. The van der Waals surface area contributed by atoms with Gasteiger partial charge in [0.25, 0.3) is 0 Å². The van der Waals surface area contributed by atoms with Crippen LogP contribution in [-0.2, 0) is 19.4 Å². The van der Waals surface area contributed by atoms with Crippen molar-refractivity contribution in [2.75, 3.05) is 23.3 Å². The van der Waals surface area contributed by atoms with Crippen LogP contribution in [0.25, 0.3) is 0 Å². The SMILES string of the molecule is Cc1nc2c(c(NCc3ccnc(N4CCCCCC4)c3)n1)CCCC2. The summed E-state index contributed by atoms with van der Waals surface area (Å²) in [5.74, 6) is 3.01. The van der Waals surface area contributed by atoms with Gasteiger partial charge in [-0.05, 0) is 63.1 Å². The summed E-state index contributed by atoms with van der Waals surface area (Å²) in [7, 11) is 0. The lowest BCUT2D eigenvalue weighted by molar-refractivity contribution is 0.659. The van der Waals surface area contributed by atoms with Gasteiger partial charge >= 0.3 is 0 Å². The highest BCUT2D eigenvalue weighted by Gasteiger charge is 2.17. The Morgan fingerprint density at radius 2 is 1.81 bits per heavy atom. The largest absolute Gasteiger partial charge is 0.366 e. The molecule has 4 rings (SSSR count). The first-order chi connectivity index (χ1) is 12.8. The van der Waals surface area contributed by atoms with Gasteiger partial charge in [-0.25, -0.2) is 15.0 Å². The zero-order valence-corrected chi connectivity index (χ0v) is 15.8. The van der Waals surface area contributed by atoms with E-state index in [1.54, 1.807) is 0 Å². The quantitative estimate of drug-likeness (QED) is 0.900. The zero-order chi connectivity index (χ0) is 17.8. The highest BCUT2D eigenvalue weighted by Crippen LogP contribution is 2.26. The molecule has 0 bridgehead atoms. The predicted molar refractivity (Wildman–Crippen MR) is 106 cm³/mol. The number of hydrogen-bond acceptors (Lipinski definition) is 5. The van der Waals surface area contributed by atoms with Crippen molar-refractivity contribution in [3.8, 4) is 0 Å². The van der Waals surface area contributed by atoms with Gasteiger partial charge in [-0.2, -0.15) is 0 Å². The normalized spacial score (nSPS) is 17.5. The lowest BCUT2D eigenvalue weighted by Gasteiger charge is -2.22. The summed E-state index contributed by atoms with van der Waals surface area (Å²) in [4.78, 5) is 16.4. The van der Waals surface area contributed by atoms with E-state index in [1.165, 1.54) is 55.3 Å². The maximum absolute atomic E-state index is 4.68. The smallest absolute Gasteiger partial charge is 0.133 e. The minimum Gasteiger partial charge on any atom is -0.366 e. The summed E-state index contributed by atoms with van der Waals surface area (Å²) in [6.07, 6.45) is 11.8. The molecule has 2 aliphatic rings. The van der Waals surface area contributed by atoms with Crippen LogP contribution in [0.5, 0.6) is 0 Å². The molecule has 5 nitrogen and oxygen atoms in total. The lowest BCUT2D eigenvalue weighted by atomic mass is 9.96. The number of nitrogens with zero attached hydrogens (tertiary/aromatic N) is 4. The van der Waals surface area contributed by atoms with Crippen molar-refractivity contribution >= 4 is 11.6 Å². The van der Waals surface area contributed by atoms with E-state index in [2.05, 4.69) is 37.3 Å². The Hall–Kier alpha value is -2.17. The van der Waals surface area contributed by atoms with Crippen LogP contribution in [0, 0.1) is 6.92 Å². The monoisotopic (exact) mass is 351 g/mol. The Morgan fingerprint density at radius 1 is 1.00 bits per heavy atom. The first-order valence-electron chi connectivity index (χ1n) is 10.1. The summed E-state index contributed by atoms with van der Waals surface area (Å²) in [5, 5.41) is 3.57. The third-order valence-corrected chi connectivity index (χ3v) is 5.49. The van der Waals surface area contributed by atoms with Crippen LogP contribution < -0.4 is 10.2 Å². The molecule has 0 unspecified atom stereocenters. The molecule has 26 heavy (non-hydrogen) atoms. The minimum absolute atomic E-state index is 0.784. The molecule has 1 fully saturated rings. The number of hydrogen-bond donors (Lipinski definition) is 1. The van der Waals surface area contributed by atoms with E-state index >= 15 is 0 Å². The molecule has 1 aliphatic carbocycles. The molecule has 3 heterocycles. The van der Waals surface area contributed by atoms with E-state index < -0.39 is 0 Å². The topological polar surface area (TPSA) is 53.9 Å². The van der Waals surface area contributed by atoms with Crippen molar-refractivity contribution in [3.05, 3.63) is 41.0 Å². The van der Waals surface area contributed by atoms with Crippen LogP contribution in [0.1, 0.15) is 61.2 Å². The van der Waals surface area contributed by atoms with Gasteiger partial charge in [0.1, 0.15) is 17.5 Å². The molecule has 1 N–H and O–H groups in total. The standard InChI is InChI=1S/C21H29N5/c1-16-24-19-9-5-4-8-18(19)21(25-16)23-15-17-10-11-22-20(14-17)26-12-6-2-3-7-13-26/h10-11,14H,2-9,12-13,15H2,1H3,(H,23,24,25). The number of fused-ring (bicyclic) bond motifs is 1. The summed E-state index contributed by atoms with van der Waals surface area (Å²) in [5.41, 5.74) is 3.83. The van der Waals surface area contributed by atoms with Crippen LogP contribution in [0.15, 0.2) is 18.3 Å². The van der Waals surface area contributed by atoms with Crippen molar-refractivity contribution in [2.45, 2.75) is 64.8 Å². The molecule has 138 valence electrons. The van der Waals surface area contributed by atoms with Crippen LogP contribution in [-0.4, -0.2) is 28.0 Å². The summed E-state index contributed by atoms with van der Waals surface area (Å²) in [6.45, 7) is 5.03. The first-order valence-corrected chi connectivity index (χ1v) is 10.1. The van der Waals surface area contributed by atoms with E-state index in [-0.39, 0.29) is 0 Å². The van der Waals surface area contributed by atoms with Gasteiger partial charge in [-0.1, -0.05) is 12.8 Å². The molecule has 1 saturated heterocycles. The van der Waals surface area contributed by atoms with Gasteiger partial charge in [0.15, 0.2) is 0 Å². The van der Waals surface area contributed by atoms with Gasteiger partial charge in [-0.3, -0.25) is 0 Å². The van der Waals surface area contributed by atoms with E-state index in [0.29, 0.717) is 0 Å². The number of anilines is 2.